The normalized spacial score (nSPS) is 11.3. The number of carbonyl (C=O) groups excluding carboxylic acids is 1. The fourth-order valence-corrected chi connectivity index (χ4v) is 4.90. The van der Waals surface area contributed by atoms with E-state index in [1.807, 2.05) is 14.1 Å². The highest BCUT2D eigenvalue weighted by Crippen LogP contribution is 2.32. The fraction of sp³-hybridized carbons (Fsp3) is 0.167. The molecule has 0 fully saturated rings. The van der Waals surface area contributed by atoms with E-state index in [9.17, 15) is 18.0 Å². The summed E-state index contributed by atoms with van der Waals surface area (Å²) in [5.41, 5.74) is 0.615. The number of nitrogens with one attached hydrogen (secondary N) is 2. The molecule has 0 amide bonds. The summed E-state index contributed by atoms with van der Waals surface area (Å²) in [6, 6.07) is 10.0. The second-order valence-electron chi connectivity index (χ2n) is 9.60. The van der Waals surface area contributed by atoms with E-state index in [-0.39, 0.29) is 16.1 Å². The van der Waals surface area contributed by atoms with Crippen molar-refractivity contribution in [3.05, 3.63) is 102 Å². The van der Waals surface area contributed by atoms with E-state index in [0.29, 0.717) is 46.6 Å². The maximum Gasteiger partial charge on any atom is 0.213 e. The Labute approximate surface area is 243 Å². The van der Waals surface area contributed by atoms with Crippen LogP contribution in [-0.2, 0) is 0 Å². The maximum atomic E-state index is 15.4. The molecular formula is C30H25F4N5O2S. The van der Waals surface area contributed by atoms with Crippen molar-refractivity contribution < 1.29 is 27.1 Å². The molecule has 0 bridgehead atoms. The first kappa shape index (κ1) is 29.1. The number of aromatic amines is 1. The van der Waals surface area contributed by atoms with Gasteiger partial charge in [-0.25, -0.2) is 27.5 Å². The van der Waals surface area contributed by atoms with E-state index in [4.69, 9.17) is 4.74 Å². The zero-order valence-electron chi connectivity index (χ0n) is 22.6. The number of rotatable bonds is 11. The molecule has 0 atom stereocenters. The molecule has 0 aliphatic carbocycles. The van der Waals surface area contributed by atoms with Gasteiger partial charge < -0.3 is 19.3 Å². The van der Waals surface area contributed by atoms with Crippen LogP contribution in [0.2, 0.25) is 0 Å². The van der Waals surface area contributed by atoms with Crippen LogP contribution in [0, 0.1) is 23.3 Å². The summed E-state index contributed by atoms with van der Waals surface area (Å²) in [6.45, 7) is 1.42. The van der Waals surface area contributed by atoms with Crippen LogP contribution >= 0.6 is 11.9 Å². The van der Waals surface area contributed by atoms with Crippen molar-refractivity contribution in [1.82, 2.24) is 19.9 Å². The van der Waals surface area contributed by atoms with Gasteiger partial charge in [-0.1, -0.05) is 0 Å². The third-order valence-corrected chi connectivity index (χ3v) is 7.18. The van der Waals surface area contributed by atoms with Crippen LogP contribution in [0.4, 0.5) is 23.2 Å². The number of carbonyl (C=O) groups is 1. The van der Waals surface area contributed by atoms with Crippen molar-refractivity contribution in [3.8, 4) is 17.0 Å². The lowest BCUT2D eigenvalue weighted by molar-refractivity contribution is 0.103. The molecule has 2 N–H and O–H groups in total. The van der Waals surface area contributed by atoms with Gasteiger partial charge in [0, 0.05) is 53.3 Å². The minimum atomic E-state index is -1.17. The third kappa shape index (κ3) is 6.39. The predicted octanol–water partition coefficient (Wildman–Crippen LogP) is 6.86. The molecule has 0 spiro atoms. The standard InChI is InChI=1S/C30H25F4N5O2S/c1-39(2)10-3-11-41-26-9-4-17(14-35-26)18-12-20-21(16-37-30(20)36-15-18)29(40)27-23(33)7-8-24(28(27)34)38-42-25-13-19(31)5-6-22(25)32/h4-9,12-16,38H,3,10-11H2,1-2H3,(H,36,37). The number of hydrogen-bond acceptors (Lipinski definition) is 7. The van der Waals surface area contributed by atoms with Gasteiger partial charge in [0.25, 0.3) is 0 Å². The molecule has 0 saturated carbocycles. The number of hydrogen-bond donors (Lipinski definition) is 2. The van der Waals surface area contributed by atoms with Crippen molar-refractivity contribution >= 4 is 34.5 Å². The molecule has 12 heteroatoms. The first-order chi connectivity index (χ1) is 20.2. The molecule has 0 unspecified atom stereocenters. The Hall–Kier alpha value is -4.42. The molecular weight excluding hydrogens is 570 g/mol. The van der Waals surface area contributed by atoms with Gasteiger partial charge in [0.05, 0.1) is 22.8 Å². The largest absolute Gasteiger partial charge is 0.478 e. The van der Waals surface area contributed by atoms with Crippen molar-refractivity contribution in [2.45, 2.75) is 11.3 Å². The summed E-state index contributed by atoms with van der Waals surface area (Å²) >= 11 is 0.590. The number of aromatic nitrogens is 3. The van der Waals surface area contributed by atoms with E-state index in [1.54, 1.807) is 30.6 Å². The molecule has 0 saturated heterocycles. The average molecular weight is 596 g/mol. The van der Waals surface area contributed by atoms with Crippen LogP contribution in [0.25, 0.3) is 22.2 Å². The molecule has 3 heterocycles. The molecule has 42 heavy (non-hydrogen) atoms. The molecule has 0 aliphatic rings. The van der Waals surface area contributed by atoms with Crippen molar-refractivity contribution in [3.63, 3.8) is 0 Å². The van der Waals surface area contributed by atoms with Crippen LogP contribution in [0.1, 0.15) is 22.3 Å². The zero-order valence-corrected chi connectivity index (χ0v) is 23.4. The Bertz CT molecular complexity index is 1740. The first-order valence-corrected chi connectivity index (χ1v) is 13.6. The number of fused-ring (bicyclic) bond motifs is 1. The highest BCUT2D eigenvalue weighted by molar-refractivity contribution is 8.00. The number of nitrogens with zero attached hydrogens (tertiary/aromatic N) is 3. The molecule has 3 aromatic heterocycles. The Kier molecular flexibility index (Phi) is 8.74. The minimum Gasteiger partial charge on any atom is -0.478 e. The lowest BCUT2D eigenvalue weighted by Gasteiger charge is -2.11. The Balaban J connectivity index is 1.38. The Morgan fingerprint density at radius 2 is 1.76 bits per heavy atom. The molecule has 5 aromatic rings. The number of benzene rings is 2. The van der Waals surface area contributed by atoms with Gasteiger partial charge in [0.2, 0.25) is 11.7 Å². The third-order valence-electron chi connectivity index (χ3n) is 6.33. The predicted molar refractivity (Wildman–Crippen MR) is 154 cm³/mol. The lowest BCUT2D eigenvalue weighted by atomic mass is 10.00. The molecule has 7 nitrogen and oxygen atoms in total. The summed E-state index contributed by atoms with van der Waals surface area (Å²) in [4.78, 5) is 26.9. The van der Waals surface area contributed by atoms with E-state index in [0.717, 1.165) is 43.3 Å². The van der Waals surface area contributed by atoms with Crippen LogP contribution in [0.15, 0.2) is 72.0 Å². The summed E-state index contributed by atoms with van der Waals surface area (Å²) in [6.07, 6.45) is 5.40. The van der Waals surface area contributed by atoms with Crippen molar-refractivity contribution in [1.29, 1.82) is 0 Å². The van der Waals surface area contributed by atoms with Crippen LogP contribution in [-0.4, -0.2) is 52.9 Å². The highest BCUT2D eigenvalue weighted by Gasteiger charge is 2.25. The van der Waals surface area contributed by atoms with Gasteiger partial charge in [-0.3, -0.25) is 4.79 Å². The number of ketones is 1. The maximum absolute atomic E-state index is 15.4. The van der Waals surface area contributed by atoms with Gasteiger partial charge in [-0.05, 0) is 74.9 Å². The smallest absolute Gasteiger partial charge is 0.213 e. The minimum absolute atomic E-state index is 0.00642. The quantitative estimate of drug-likeness (QED) is 0.0747. The second-order valence-corrected chi connectivity index (χ2v) is 10.5. The Morgan fingerprint density at radius 3 is 2.52 bits per heavy atom. The van der Waals surface area contributed by atoms with Gasteiger partial charge in [0.1, 0.15) is 23.1 Å². The SMILES string of the molecule is CN(C)CCCOc1ccc(-c2cnc3[nH]cc(C(=O)c4c(F)ccc(NSc5cc(F)ccc5F)c4F)c3c2)cn1. The van der Waals surface area contributed by atoms with E-state index in [2.05, 4.69) is 24.6 Å². The van der Waals surface area contributed by atoms with E-state index < -0.39 is 34.6 Å². The molecule has 5 rings (SSSR count). The zero-order chi connectivity index (χ0) is 29.8. The number of pyridine rings is 2. The Morgan fingerprint density at radius 1 is 0.976 bits per heavy atom. The van der Waals surface area contributed by atoms with Gasteiger partial charge in [-0.2, -0.15) is 0 Å². The van der Waals surface area contributed by atoms with Crippen molar-refractivity contribution in [2.24, 2.45) is 0 Å². The lowest BCUT2D eigenvalue weighted by Crippen LogP contribution is -2.15. The molecule has 2 aromatic carbocycles. The van der Waals surface area contributed by atoms with Crippen molar-refractivity contribution in [2.75, 3.05) is 32.0 Å². The average Bonchev–Trinajstić information content (AvgIpc) is 3.40. The number of anilines is 1. The first-order valence-electron chi connectivity index (χ1n) is 12.8. The van der Waals surface area contributed by atoms with E-state index in [1.165, 1.54) is 6.20 Å². The van der Waals surface area contributed by atoms with Crippen LogP contribution < -0.4 is 9.46 Å². The second kappa shape index (κ2) is 12.6. The molecule has 0 radical (unpaired) electrons. The molecule has 216 valence electrons. The summed E-state index contributed by atoms with van der Waals surface area (Å²) in [5, 5.41) is 0.356. The summed E-state index contributed by atoms with van der Waals surface area (Å²) in [7, 11) is 3.98. The highest BCUT2D eigenvalue weighted by atomic mass is 32.2. The number of H-pyrrole nitrogens is 1. The van der Waals surface area contributed by atoms with E-state index >= 15 is 4.39 Å². The summed E-state index contributed by atoms with van der Waals surface area (Å²) < 4.78 is 66.0. The topological polar surface area (TPSA) is 83.1 Å². The molecule has 0 aliphatic heterocycles. The van der Waals surface area contributed by atoms with Crippen LogP contribution in [0.3, 0.4) is 0 Å². The number of halogens is 4. The number of ether oxygens (including phenoxy) is 1. The monoisotopic (exact) mass is 595 g/mol. The van der Waals surface area contributed by atoms with Gasteiger partial charge in [-0.15, -0.1) is 0 Å². The van der Waals surface area contributed by atoms with Gasteiger partial charge in [0.15, 0.2) is 5.82 Å². The van der Waals surface area contributed by atoms with Crippen LogP contribution in [0.5, 0.6) is 5.88 Å². The fourth-order valence-electron chi connectivity index (χ4n) is 4.18. The summed E-state index contributed by atoms with van der Waals surface area (Å²) in [5.74, 6) is -4.10. The van der Waals surface area contributed by atoms with Gasteiger partial charge >= 0.3 is 0 Å².